The van der Waals surface area contributed by atoms with E-state index in [0.717, 1.165) is 5.56 Å². The molecule has 1 aliphatic heterocycles. The number of alkyl carbamates (subject to hydrolysis) is 1. The number of hydroxylamine groups is 2. The Labute approximate surface area is 183 Å². The Morgan fingerprint density at radius 1 is 1.10 bits per heavy atom. The van der Waals surface area contributed by atoms with Crippen LogP contribution in [0.4, 0.5) is 4.79 Å². The number of imide groups is 1. The molecule has 1 N–H and O–H groups in total. The van der Waals surface area contributed by atoms with Crippen molar-refractivity contribution >= 4 is 23.7 Å². The Bertz CT molecular complexity index is 815. The van der Waals surface area contributed by atoms with Crippen molar-refractivity contribution in [2.45, 2.75) is 66.2 Å². The quantitative estimate of drug-likeness (QED) is 0.500. The summed E-state index contributed by atoms with van der Waals surface area (Å²) in [5, 5.41) is 3.26. The summed E-state index contributed by atoms with van der Waals surface area (Å²) in [5.74, 6) is -3.83. The van der Waals surface area contributed by atoms with Crippen LogP contribution in [0.2, 0.25) is 0 Å². The number of carbonyl (C=O) groups excluding carboxylic acids is 4. The zero-order valence-electron chi connectivity index (χ0n) is 19.0. The molecule has 0 aromatic heterocycles. The standard InChI is InChI=1S/C23H32N2O6/c1-14(2)12-17(24-22(29)31-23(4,5)6)19(26)18-15(3)20(27)25(21(18)28)30-13-16-10-8-7-9-11-16/h7-11,14-15,17-18H,12-13H2,1-6H3,(H,24,29)/t15-,17-,18+/m0/s1. The molecule has 1 aliphatic rings. The van der Waals surface area contributed by atoms with Gasteiger partial charge in [0.05, 0.1) is 12.0 Å². The average Bonchev–Trinajstić information content (AvgIpc) is 2.86. The Balaban J connectivity index is 2.14. The number of rotatable bonds is 8. The number of Topliss-reactive ketones (excluding diaryl/α,β-unsaturated/α-hetero) is 1. The molecule has 8 nitrogen and oxygen atoms in total. The lowest BCUT2D eigenvalue weighted by molar-refractivity contribution is -0.193. The third-order valence-electron chi connectivity index (χ3n) is 4.81. The van der Waals surface area contributed by atoms with Crippen LogP contribution in [0, 0.1) is 17.8 Å². The molecule has 2 rings (SSSR count). The van der Waals surface area contributed by atoms with Crippen LogP contribution in [0.5, 0.6) is 0 Å². The molecule has 0 unspecified atom stereocenters. The van der Waals surface area contributed by atoms with Gasteiger partial charge in [-0.05, 0) is 38.7 Å². The zero-order chi connectivity index (χ0) is 23.3. The molecule has 8 heteroatoms. The molecule has 1 aromatic carbocycles. The second-order valence-electron chi connectivity index (χ2n) is 9.23. The van der Waals surface area contributed by atoms with Gasteiger partial charge in [0, 0.05) is 0 Å². The number of carbonyl (C=O) groups is 4. The van der Waals surface area contributed by atoms with Gasteiger partial charge in [-0.15, -0.1) is 0 Å². The Kier molecular flexibility index (Phi) is 7.95. The van der Waals surface area contributed by atoms with Crippen molar-refractivity contribution in [3.8, 4) is 0 Å². The number of hydrogen-bond acceptors (Lipinski definition) is 6. The first-order chi connectivity index (χ1) is 14.4. The lowest BCUT2D eigenvalue weighted by Gasteiger charge is -2.25. The maximum absolute atomic E-state index is 13.2. The van der Waals surface area contributed by atoms with E-state index < -0.39 is 47.2 Å². The van der Waals surface area contributed by atoms with Crippen molar-refractivity contribution in [3.05, 3.63) is 35.9 Å². The van der Waals surface area contributed by atoms with E-state index >= 15 is 0 Å². The highest BCUT2D eigenvalue weighted by molar-refractivity contribution is 6.15. The highest BCUT2D eigenvalue weighted by atomic mass is 16.7. The second kappa shape index (κ2) is 10.0. The van der Waals surface area contributed by atoms with Crippen LogP contribution >= 0.6 is 0 Å². The summed E-state index contributed by atoms with van der Waals surface area (Å²) in [7, 11) is 0. The average molecular weight is 433 g/mol. The van der Waals surface area contributed by atoms with E-state index in [1.54, 1.807) is 32.9 Å². The number of benzene rings is 1. The third-order valence-corrected chi connectivity index (χ3v) is 4.81. The van der Waals surface area contributed by atoms with Crippen LogP contribution in [0.15, 0.2) is 30.3 Å². The number of hydrogen-bond donors (Lipinski definition) is 1. The summed E-state index contributed by atoms with van der Waals surface area (Å²) in [5.41, 5.74) is 0.0547. The summed E-state index contributed by atoms with van der Waals surface area (Å²) in [6.07, 6.45) is -0.429. The lowest BCUT2D eigenvalue weighted by atomic mass is 9.86. The molecule has 1 saturated heterocycles. The van der Waals surface area contributed by atoms with E-state index in [1.807, 2.05) is 32.0 Å². The molecule has 0 bridgehead atoms. The van der Waals surface area contributed by atoms with E-state index in [9.17, 15) is 19.2 Å². The van der Waals surface area contributed by atoms with Gasteiger partial charge in [-0.1, -0.05) is 51.1 Å². The summed E-state index contributed by atoms with van der Waals surface area (Å²) in [6.45, 7) is 10.5. The molecular formula is C23H32N2O6. The lowest BCUT2D eigenvalue weighted by Crippen LogP contribution is -2.48. The van der Waals surface area contributed by atoms with E-state index in [-0.39, 0.29) is 12.5 Å². The Morgan fingerprint density at radius 3 is 2.26 bits per heavy atom. The van der Waals surface area contributed by atoms with Crippen molar-refractivity contribution < 1.29 is 28.8 Å². The summed E-state index contributed by atoms with van der Waals surface area (Å²) in [6, 6.07) is 8.15. The molecule has 1 heterocycles. The van der Waals surface area contributed by atoms with Gasteiger partial charge in [0.1, 0.15) is 18.1 Å². The Hall–Kier alpha value is -2.74. The number of ether oxygens (including phenoxy) is 1. The van der Waals surface area contributed by atoms with Crippen molar-refractivity contribution in [2.75, 3.05) is 0 Å². The molecule has 0 aliphatic carbocycles. The molecule has 3 atom stereocenters. The van der Waals surface area contributed by atoms with Crippen LogP contribution in [0.3, 0.4) is 0 Å². The van der Waals surface area contributed by atoms with E-state index in [4.69, 9.17) is 9.57 Å². The fourth-order valence-corrected chi connectivity index (χ4v) is 3.37. The van der Waals surface area contributed by atoms with Crippen LogP contribution in [0.25, 0.3) is 0 Å². The van der Waals surface area contributed by atoms with Gasteiger partial charge in [-0.25, -0.2) is 4.79 Å². The highest BCUT2D eigenvalue weighted by Crippen LogP contribution is 2.29. The maximum Gasteiger partial charge on any atom is 0.408 e. The molecule has 170 valence electrons. The van der Waals surface area contributed by atoms with Gasteiger partial charge in [-0.3, -0.25) is 19.2 Å². The van der Waals surface area contributed by atoms with Crippen molar-refractivity contribution in [1.82, 2.24) is 10.4 Å². The normalized spacial score (nSPS) is 20.2. The van der Waals surface area contributed by atoms with Gasteiger partial charge in [-0.2, -0.15) is 5.06 Å². The highest BCUT2D eigenvalue weighted by Gasteiger charge is 2.51. The van der Waals surface area contributed by atoms with Crippen LogP contribution in [0.1, 0.15) is 53.5 Å². The van der Waals surface area contributed by atoms with E-state index in [2.05, 4.69) is 5.32 Å². The predicted molar refractivity (Wildman–Crippen MR) is 113 cm³/mol. The van der Waals surface area contributed by atoms with Gasteiger partial charge < -0.3 is 10.1 Å². The topological polar surface area (TPSA) is 102 Å². The van der Waals surface area contributed by atoms with Gasteiger partial charge in [0.2, 0.25) is 0 Å². The molecule has 1 fully saturated rings. The molecule has 0 radical (unpaired) electrons. The Morgan fingerprint density at radius 2 is 1.71 bits per heavy atom. The zero-order valence-corrected chi connectivity index (χ0v) is 19.0. The smallest absolute Gasteiger partial charge is 0.408 e. The molecular weight excluding hydrogens is 400 g/mol. The maximum atomic E-state index is 13.2. The number of amides is 3. The number of ketones is 1. The number of nitrogens with zero attached hydrogens (tertiary/aromatic N) is 1. The fraction of sp³-hybridized carbons (Fsp3) is 0.565. The molecule has 0 spiro atoms. The first-order valence-electron chi connectivity index (χ1n) is 10.5. The fourth-order valence-electron chi connectivity index (χ4n) is 3.37. The largest absolute Gasteiger partial charge is 0.444 e. The first-order valence-corrected chi connectivity index (χ1v) is 10.5. The molecule has 31 heavy (non-hydrogen) atoms. The van der Waals surface area contributed by atoms with Gasteiger partial charge >= 0.3 is 6.09 Å². The minimum Gasteiger partial charge on any atom is -0.444 e. The minimum atomic E-state index is -1.22. The monoisotopic (exact) mass is 432 g/mol. The van der Waals surface area contributed by atoms with Crippen LogP contribution < -0.4 is 5.32 Å². The first kappa shape index (κ1) is 24.5. The van der Waals surface area contributed by atoms with Crippen LogP contribution in [-0.4, -0.2) is 40.4 Å². The second-order valence-corrected chi connectivity index (χ2v) is 9.23. The van der Waals surface area contributed by atoms with Crippen molar-refractivity contribution in [2.24, 2.45) is 17.8 Å². The predicted octanol–water partition coefficient (Wildman–Crippen LogP) is 3.25. The number of nitrogens with one attached hydrogen (secondary N) is 1. The summed E-state index contributed by atoms with van der Waals surface area (Å²) < 4.78 is 5.26. The van der Waals surface area contributed by atoms with E-state index in [0.29, 0.717) is 11.5 Å². The molecule has 0 saturated carbocycles. The van der Waals surface area contributed by atoms with E-state index in [1.165, 1.54) is 6.92 Å². The van der Waals surface area contributed by atoms with Crippen molar-refractivity contribution in [1.29, 1.82) is 0 Å². The third kappa shape index (κ3) is 6.62. The van der Waals surface area contributed by atoms with Crippen molar-refractivity contribution in [3.63, 3.8) is 0 Å². The molecule has 3 amide bonds. The van der Waals surface area contributed by atoms with Crippen LogP contribution in [-0.2, 0) is 30.6 Å². The summed E-state index contributed by atoms with van der Waals surface area (Å²) >= 11 is 0. The minimum absolute atomic E-state index is 0.0253. The van der Waals surface area contributed by atoms with Gasteiger partial charge in [0.25, 0.3) is 11.8 Å². The van der Waals surface area contributed by atoms with Gasteiger partial charge in [0.15, 0.2) is 5.78 Å². The SMILES string of the molecule is CC(C)C[C@H](NC(=O)OC(C)(C)C)C(=O)[C@@H]1C(=O)N(OCc2ccccc2)C(=O)[C@H]1C. The molecule has 1 aromatic rings. The summed E-state index contributed by atoms with van der Waals surface area (Å²) in [4.78, 5) is 56.5.